The van der Waals surface area contributed by atoms with Gasteiger partial charge in [0.05, 0.1) is 11.0 Å². The van der Waals surface area contributed by atoms with E-state index in [0.29, 0.717) is 18.4 Å². The molecule has 1 saturated heterocycles. The Balaban J connectivity index is 1.36. The Hall–Kier alpha value is -2.86. The molecule has 6 nitrogen and oxygen atoms in total. The van der Waals surface area contributed by atoms with Gasteiger partial charge in [-0.1, -0.05) is 30.3 Å². The number of carbonyl (C=O) groups excluding carboxylic acids is 1. The topological polar surface area (TPSA) is 73.4 Å². The summed E-state index contributed by atoms with van der Waals surface area (Å²) in [7, 11) is 0. The first-order chi connectivity index (χ1) is 14.2. The molecule has 3 unspecified atom stereocenters. The van der Waals surface area contributed by atoms with E-state index in [1.165, 1.54) is 0 Å². The van der Waals surface area contributed by atoms with Gasteiger partial charge >= 0.3 is 0 Å². The summed E-state index contributed by atoms with van der Waals surface area (Å²) in [5, 5.41) is 0. The number of ether oxygens (including phenoxy) is 1. The normalized spacial score (nSPS) is 23.5. The lowest BCUT2D eigenvalue weighted by Crippen LogP contribution is -2.35. The maximum absolute atomic E-state index is 13.1. The first-order valence-corrected chi connectivity index (χ1v) is 10.3. The summed E-state index contributed by atoms with van der Waals surface area (Å²) in [5.74, 6) is 2.71. The standard InChI is InChI=1S/C23H26N4O2/c24-19-11-10-16-12-26(13-18(16)19)23(28)14-27-21-9-5-4-8-20(21)25-22(27)15-29-17-6-2-1-3-7-17/h1-9,16,18-19H,10-15,24H2. The first kappa shape index (κ1) is 18.2. The second kappa shape index (κ2) is 7.52. The summed E-state index contributed by atoms with van der Waals surface area (Å²) >= 11 is 0. The van der Waals surface area contributed by atoms with Crippen LogP contribution in [0.2, 0.25) is 0 Å². The van der Waals surface area contributed by atoms with Crippen LogP contribution in [0.1, 0.15) is 18.7 Å². The molecular formula is C23H26N4O2. The number of hydrogen-bond acceptors (Lipinski definition) is 4. The molecule has 0 spiro atoms. The minimum atomic E-state index is 0.135. The number of para-hydroxylation sites is 3. The summed E-state index contributed by atoms with van der Waals surface area (Å²) in [5.41, 5.74) is 8.09. The fraction of sp³-hybridized carbons (Fsp3) is 0.391. The minimum Gasteiger partial charge on any atom is -0.486 e. The van der Waals surface area contributed by atoms with Crippen molar-refractivity contribution in [3.8, 4) is 5.75 Å². The molecular weight excluding hydrogens is 364 g/mol. The van der Waals surface area contributed by atoms with E-state index in [-0.39, 0.29) is 18.5 Å². The van der Waals surface area contributed by atoms with Crippen molar-refractivity contribution in [1.29, 1.82) is 0 Å². The second-order valence-electron chi connectivity index (χ2n) is 8.17. The van der Waals surface area contributed by atoms with Crippen molar-refractivity contribution in [3.05, 3.63) is 60.4 Å². The van der Waals surface area contributed by atoms with Crippen LogP contribution >= 0.6 is 0 Å². The van der Waals surface area contributed by atoms with Gasteiger partial charge in [0.15, 0.2) is 0 Å². The van der Waals surface area contributed by atoms with Gasteiger partial charge in [-0.15, -0.1) is 0 Å². The van der Waals surface area contributed by atoms with E-state index >= 15 is 0 Å². The molecule has 2 N–H and O–H groups in total. The van der Waals surface area contributed by atoms with E-state index in [2.05, 4.69) is 0 Å². The zero-order chi connectivity index (χ0) is 19.8. The van der Waals surface area contributed by atoms with Crippen LogP contribution in [-0.2, 0) is 17.9 Å². The molecule has 2 fully saturated rings. The van der Waals surface area contributed by atoms with Crippen LogP contribution in [0.25, 0.3) is 11.0 Å². The summed E-state index contributed by atoms with van der Waals surface area (Å²) in [4.78, 5) is 19.8. The minimum absolute atomic E-state index is 0.135. The predicted molar refractivity (Wildman–Crippen MR) is 111 cm³/mol. The van der Waals surface area contributed by atoms with Crippen LogP contribution < -0.4 is 10.5 Å². The molecule has 1 aromatic heterocycles. The molecule has 2 aliphatic rings. The average Bonchev–Trinajstić information content (AvgIpc) is 3.42. The van der Waals surface area contributed by atoms with E-state index in [1.54, 1.807) is 0 Å². The number of nitrogens with two attached hydrogens (primary N) is 1. The van der Waals surface area contributed by atoms with Crippen molar-refractivity contribution in [1.82, 2.24) is 14.5 Å². The Morgan fingerprint density at radius 1 is 1.07 bits per heavy atom. The molecule has 29 heavy (non-hydrogen) atoms. The Bertz CT molecular complexity index is 1020. The molecule has 2 aromatic carbocycles. The molecule has 1 aliphatic heterocycles. The van der Waals surface area contributed by atoms with E-state index in [0.717, 1.165) is 48.5 Å². The number of aromatic nitrogens is 2. The number of hydrogen-bond donors (Lipinski definition) is 1. The molecule has 1 aliphatic carbocycles. The SMILES string of the molecule is NC1CCC2CN(C(=O)Cn3c(COc4ccccc4)nc4ccccc43)CC12. The Kier molecular flexibility index (Phi) is 4.72. The summed E-state index contributed by atoms with van der Waals surface area (Å²) in [6.45, 7) is 2.22. The molecule has 1 saturated carbocycles. The highest BCUT2D eigenvalue weighted by Gasteiger charge is 2.42. The van der Waals surface area contributed by atoms with Crippen LogP contribution in [-0.4, -0.2) is 39.5 Å². The van der Waals surface area contributed by atoms with E-state index in [9.17, 15) is 4.79 Å². The average molecular weight is 390 g/mol. The van der Waals surface area contributed by atoms with Gasteiger partial charge in [0.1, 0.15) is 24.7 Å². The highest BCUT2D eigenvalue weighted by Crippen LogP contribution is 2.37. The van der Waals surface area contributed by atoms with Gasteiger partial charge in [0.2, 0.25) is 5.91 Å². The number of benzene rings is 2. The van der Waals surface area contributed by atoms with Gasteiger partial charge in [-0.2, -0.15) is 0 Å². The number of nitrogens with zero attached hydrogens (tertiary/aromatic N) is 3. The monoisotopic (exact) mass is 390 g/mol. The van der Waals surface area contributed by atoms with Crippen molar-refractivity contribution in [2.75, 3.05) is 13.1 Å². The second-order valence-corrected chi connectivity index (χ2v) is 8.17. The molecule has 1 amide bonds. The Labute approximate surface area is 170 Å². The first-order valence-electron chi connectivity index (χ1n) is 10.3. The van der Waals surface area contributed by atoms with Crippen molar-refractivity contribution in [2.45, 2.75) is 32.0 Å². The third-order valence-electron chi connectivity index (χ3n) is 6.40. The summed E-state index contributed by atoms with van der Waals surface area (Å²) < 4.78 is 7.91. The van der Waals surface area contributed by atoms with Gasteiger partial charge in [-0.25, -0.2) is 4.98 Å². The molecule has 2 heterocycles. The molecule has 0 bridgehead atoms. The Morgan fingerprint density at radius 3 is 2.69 bits per heavy atom. The van der Waals surface area contributed by atoms with Crippen molar-refractivity contribution < 1.29 is 9.53 Å². The van der Waals surface area contributed by atoms with Crippen LogP contribution in [0.4, 0.5) is 0 Å². The van der Waals surface area contributed by atoms with Gasteiger partial charge in [-0.3, -0.25) is 4.79 Å². The van der Waals surface area contributed by atoms with Crippen molar-refractivity contribution in [3.63, 3.8) is 0 Å². The zero-order valence-electron chi connectivity index (χ0n) is 16.4. The van der Waals surface area contributed by atoms with E-state index in [1.807, 2.05) is 64.1 Å². The number of imidazole rings is 1. The number of amides is 1. The lowest BCUT2D eigenvalue weighted by atomic mass is 9.98. The fourth-order valence-electron chi connectivity index (χ4n) is 4.82. The number of rotatable bonds is 5. The third-order valence-corrected chi connectivity index (χ3v) is 6.40. The summed E-state index contributed by atoms with van der Waals surface area (Å²) in [6, 6.07) is 17.8. The van der Waals surface area contributed by atoms with Crippen LogP contribution in [0.5, 0.6) is 5.75 Å². The van der Waals surface area contributed by atoms with E-state index in [4.69, 9.17) is 15.5 Å². The highest BCUT2D eigenvalue weighted by atomic mass is 16.5. The largest absolute Gasteiger partial charge is 0.486 e. The predicted octanol–water partition coefficient (Wildman–Crippen LogP) is 2.81. The third kappa shape index (κ3) is 3.49. The van der Waals surface area contributed by atoms with Crippen molar-refractivity contribution >= 4 is 16.9 Å². The lowest BCUT2D eigenvalue weighted by Gasteiger charge is -2.20. The van der Waals surface area contributed by atoms with E-state index < -0.39 is 0 Å². The van der Waals surface area contributed by atoms with Crippen LogP contribution in [0.3, 0.4) is 0 Å². The van der Waals surface area contributed by atoms with Gasteiger partial charge in [0.25, 0.3) is 0 Å². The maximum atomic E-state index is 13.1. The number of carbonyl (C=O) groups is 1. The van der Waals surface area contributed by atoms with Gasteiger partial charge in [0, 0.05) is 19.1 Å². The zero-order valence-corrected chi connectivity index (χ0v) is 16.4. The molecule has 5 rings (SSSR count). The molecule has 0 radical (unpaired) electrons. The molecule has 3 atom stereocenters. The number of likely N-dealkylation sites (tertiary alicyclic amines) is 1. The van der Waals surface area contributed by atoms with Gasteiger partial charge < -0.3 is 19.9 Å². The van der Waals surface area contributed by atoms with Crippen LogP contribution in [0, 0.1) is 11.8 Å². The van der Waals surface area contributed by atoms with Gasteiger partial charge in [-0.05, 0) is 48.9 Å². The molecule has 3 aromatic rings. The maximum Gasteiger partial charge on any atom is 0.242 e. The smallest absolute Gasteiger partial charge is 0.242 e. The van der Waals surface area contributed by atoms with Crippen molar-refractivity contribution in [2.24, 2.45) is 17.6 Å². The fourth-order valence-corrected chi connectivity index (χ4v) is 4.82. The van der Waals surface area contributed by atoms with Crippen LogP contribution in [0.15, 0.2) is 54.6 Å². The highest BCUT2D eigenvalue weighted by molar-refractivity contribution is 5.81. The molecule has 6 heteroatoms. The number of fused-ring (bicyclic) bond motifs is 2. The lowest BCUT2D eigenvalue weighted by molar-refractivity contribution is -0.131. The summed E-state index contributed by atoms with van der Waals surface area (Å²) in [6.07, 6.45) is 2.23. The Morgan fingerprint density at radius 2 is 1.86 bits per heavy atom. The molecule has 150 valence electrons. The quantitative estimate of drug-likeness (QED) is 0.727.